The second-order valence-electron chi connectivity index (χ2n) is 8.66. The number of H-pyrrole nitrogens is 1. The standard InChI is InChI=1S/C24H31N5O/c30-24-27-21-15-20(26-19-9-5-2-6-10-19)22(28-13-11-25-12-14-28)16-23(21)29(24)17-18-7-3-1-4-8-18/h2,5-6,9-10,15-16,18,25-26H,1,3-4,7-8,11-14,17H2,(H,27,30). The van der Waals surface area contributed by atoms with Crippen molar-refractivity contribution in [3.8, 4) is 0 Å². The van der Waals surface area contributed by atoms with E-state index in [1.165, 1.54) is 37.8 Å². The molecule has 3 N–H and O–H groups in total. The number of benzene rings is 2. The topological polar surface area (TPSA) is 65.1 Å². The molecular formula is C24H31N5O. The lowest BCUT2D eigenvalue weighted by Crippen LogP contribution is -2.43. The molecule has 1 aromatic heterocycles. The van der Waals surface area contributed by atoms with Crippen molar-refractivity contribution in [3.05, 3.63) is 52.9 Å². The Kier molecular flexibility index (Phi) is 5.49. The highest BCUT2D eigenvalue weighted by atomic mass is 16.1. The normalized spacial score (nSPS) is 18.1. The third-order valence-electron chi connectivity index (χ3n) is 6.57. The fourth-order valence-electron chi connectivity index (χ4n) is 4.95. The van der Waals surface area contributed by atoms with Gasteiger partial charge in [0.05, 0.1) is 22.4 Å². The summed E-state index contributed by atoms with van der Waals surface area (Å²) >= 11 is 0. The summed E-state index contributed by atoms with van der Waals surface area (Å²) in [5, 5.41) is 7.02. The predicted octanol–water partition coefficient (Wildman–Crippen LogP) is 4.06. The first-order valence-corrected chi connectivity index (χ1v) is 11.3. The largest absolute Gasteiger partial charge is 0.367 e. The molecule has 0 radical (unpaired) electrons. The van der Waals surface area contributed by atoms with Crippen LogP contribution < -0.4 is 21.2 Å². The van der Waals surface area contributed by atoms with E-state index in [9.17, 15) is 4.79 Å². The average molecular weight is 406 g/mol. The maximum Gasteiger partial charge on any atom is 0.326 e. The van der Waals surface area contributed by atoms with Crippen molar-refractivity contribution in [2.24, 2.45) is 5.92 Å². The lowest BCUT2D eigenvalue weighted by molar-refractivity contribution is 0.319. The molecular weight excluding hydrogens is 374 g/mol. The Labute approximate surface area is 177 Å². The molecule has 5 rings (SSSR count). The predicted molar refractivity (Wildman–Crippen MR) is 124 cm³/mol. The van der Waals surface area contributed by atoms with Crippen LogP contribution in [-0.2, 0) is 6.54 Å². The summed E-state index contributed by atoms with van der Waals surface area (Å²) in [6.45, 7) is 4.71. The van der Waals surface area contributed by atoms with Gasteiger partial charge in [0.25, 0.3) is 0 Å². The summed E-state index contributed by atoms with van der Waals surface area (Å²) in [6, 6.07) is 14.6. The zero-order chi connectivity index (χ0) is 20.3. The highest BCUT2D eigenvalue weighted by Gasteiger charge is 2.20. The molecule has 6 nitrogen and oxygen atoms in total. The first-order valence-electron chi connectivity index (χ1n) is 11.3. The molecule has 0 amide bonds. The lowest BCUT2D eigenvalue weighted by Gasteiger charge is -2.31. The molecule has 3 aromatic rings. The Morgan fingerprint density at radius 3 is 2.53 bits per heavy atom. The van der Waals surface area contributed by atoms with E-state index in [4.69, 9.17) is 0 Å². The van der Waals surface area contributed by atoms with Gasteiger partial charge in [0.1, 0.15) is 0 Å². The van der Waals surface area contributed by atoms with Crippen LogP contribution in [0.25, 0.3) is 11.0 Å². The first-order chi connectivity index (χ1) is 14.8. The van der Waals surface area contributed by atoms with Crippen LogP contribution in [0.2, 0.25) is 0 Å². The molecule has 1 saturated carbocycles. The number of nitrogens with zero attached hydrogens (tertiary/aromatic N) is 2. The molecule has 1 saturated heterocycles. The number of hydrogen-bond acceptors (Lipinski definition) is 4. The van der Waals surface area contributed by atoms with E-state index in [1.54, 1.807) is 0 Å². The summed E-state index contributed by atoms with van der Waals surface area (Å²) in [7, 11) is 0. The number of rotatable bonds is 5. The molecule has 2 aromatic carbocycles. The van der Waals surface area contributed by atoms with Gasteiger partial charge in [0.15, 0.2) is 0 Å². The summed E-state index contributed by atoms with van der Waals surface area (Å²) < 4.78 is 1.98. The van der Waals surface area contributed by atoms with Gasteiger partial charge in [0.2, 0.25) is 0 Å². The maximum atomic E-state index is 12.8. The number of aromatic amines is 1. The third-order valence-corrected chi connectivity index (χ3v) is 6.57. The third kappa shape index (κ3) is 3.97. The zero-order valence-corrected chi connectivity index (χ0v) is 17.5. The van der Waals surface area contributed by atoms with Crippen LogP contribution in [0.3, 0.4) is 0 Å². The van der Waals surface area contributed by atoms with Crippen LogP contribution in [0, 0.1) is 5.92 Å². The van der Waals surface area contributed by atoms with Gasteiger partial charge >= 0.3 is 5.69 Å². The highest BCUT2D eigenvalue weighted by molar-refractivity contribution is 5.90. The number of para-hydroxylation sites is 1. The molecule has 158 valence electrons. The molecule has 30 heavy (non-hydrogen) atoms. The highest BCUT2D eigenvalue weighted by Crippen LogP contribution is 2.34. The van der Waals surface area contributed by atoms with E-state index in [-0.39, 0.29) is 5.69 Å². The van der Waals surface area contributed by atoms with Gasteiger partial charge in [-0.1, -0.05) is 37.5 Å². The van der Waals surface area contributed by atoms with Crippen molar-refractivity contribution in [1.29, 1.82) is 0 Å². The van der Waals surface area contributed by atoms with Gasteiger partial charge in [-0.2, -0.15) is 0 Å². The van der Waals surface area contributed by atoms with Crippen molar-refractivity contribution < 1.29 is 0 Å². The van der Waals surface area contributed by atoms with Gasteiger partial charge in [0, 0.05) is 38.4 Å². The van der Waals surface area contributed by atoms with E-state index in [1.807, 2.05) is 22.8 Å². The first kappa shape index (κ1) is 19.2. The number of anilines is 3. The molecule has 1 aliphatic heterocycles. The maximum absolute atomic E-state index is 12.8. The second kappa shape index (κ2) is 8.56. The van der Waals surface area contributed by atoms with Crippen molar-refractivity contribution in [2.75, 3.05) is 36.4 Å². The Morgan fingerprint density at radius 2 is 1.77 bits per heavy atom. The minimum atomic E-state index is 0.0127. The van der Waals surface area contributed by atoms with Crippen LogP contribution >= 0.6 is 0 Å². The van der Waals surface area contributed by atoms with Gasteiger partial charge in [-0.05, 0) is 43.0 Å². The van der Waals surface area contributed by atoms with E-state index >= 15 is 0 Å². The van der Waals surface area contributed by atoms with Gasteiger partial charge in [-0.3, -0.25) is 4.57 Å². The Bertz CT molecular complexity index is 1040. The Morgan fingerprint density at radius 1 is 1.00 bits per heavy atom. The SMILES string of the molecule is O=c1[nH]c2cc(Nc3ccccc3)c(N3CCNCC3)cc2n1CC1CCCCC1. The van der Waals surface area contributed by atoms with Gasteiger partial charge in [-0.15, -0.1) is 0 Å². The van der Waals surface area contributed by atoms with E-state index in [0.29, 0.717) is 5.92 Å². The molecule has 1 aliphatic carbocycles. The van der Waals surface area contributed by atoms with Crippen molar-refractivity contribution in [1.82, 2.24) is 14.9 Å². The van der Waals surface area contributed by atoms with Crippen molar-refractivity contribution in [2.45, 2.75) is 38.6 Å². The van der Waals surface area contributed by atoms with Crippen molar-refractivity contribution in [3.63, 3.8) is 0 Å². The second-order valence-corrected chi connectivity index (χ2v) is 8.66. The molecule has 2 heterocycles. The molecule has 0 bridgehead atoms. The van der Waals surface area contributed by atoms with E-state index in [2.05, 4.69) is 44.8 Å². The summed E-state index contributed by atoms with van der Waals surface area (Å²) in [5.41, 5.74) is 5.22. The Balaban J connectivity index is 1.55. The number of fused-ring (bicyclic) bond motifs is 1. The minimum Gasteiger partial charge on any atom is -0.367 e. The fraction of sp³-hybridized carbons (Fsp3) is 0.458. The van der Waals surface area contributed by atoms with Gasteiger partial charge in [-0.25, -0.2) is 4.79 Å². The minimum absolute atomic E-state index is 0.0127. The number of nitrogens with one attached hydrogen (secondary N) is 3. The van der Waals surface area contributed by atoms with Gasteiger partial charge < -0.3 is 20.5 Å². The fourth-order valence-corrected chi connectivity index (χ4v) is 4.95. The number of imidazole rings is 1. The van der Waals surface area contributed by atoms with Crippen LogP contribution in [0.1, 0.15) is 32.1 Å². The zero-order valence-electron chi connectivity index (χ0n) is 17.5. The summed E-state index contributed by atoms with van der Waals surface area (Å²) in [6.07, 6.45) is 6.38. The number of piperazine rings is 1. The number of hydrogen-bond donors (Lipinski definition) is 3. The quantitative estimate of drug-likeness (QED) is 0.599. The average Bonchev–Trinajstić information content (AvgIpc) is 3.09. The molecule has 6 heteroatoms. The van der Waals surface area contributed by atoms with E-state index in [0.717, 1.165) is 55.1 Å². The van der Waals surface area contributed by atoms with Crippen LogP contribution in [-0.4, -0.2) is 35.7 Å². The summed E-state index contributed by atoms with van der Waals surface area (Å²) in [5.74, 6) is 0.611. The van der Waals surface area contributed by atoms with Crippen molar-refractivity contribution >= 4 is 28.1 Å². The van der Waals surface area contributed by atoms with E-state index < -0.39 is 0 Å². The number of aromatic nitrogens is 2. The molecule has 0 atom stereocenters. The van der Waals surface area contributed by atoms with Crippen LogP contribution in [0.15, 0.2) is 47.3 Å². The Hall–Kier alpha value is -2.73. The molecule has 2 aliphatic rings. The molecule has 0 unspecified atom stereocenters. The molecule has 2 fully saturated rings. The van der Waals surface area contributed by atoms with Crippen LogP contribution in [0.5, 0.6) is 0 Å². The monoisotopic (exact) mass is 405 g/mol. The lowest BCUT2D eigenvalue weighted by atomic mass is 9.89. The smallest absolute Gasteiger partial charge is 0.326 e. The summed E-state index contributed by atoms with van der Waals surface area (Å²) in [4.78, 5) is 18.4. The molecule has 0 spiro atoms. The van der Waals surface area contributed by atoms with Crippen LogP contribution in [0.4, 0.5) is 17.1 Å².